The molecule has 21 heavy (non-hydrogen) atoms. The Bertz CT molecular complexity index is 568. The van der Waals surface area contributed by atoms with Gasteiger partial charge in [-0.1, -0.05) is 48.5 Å². The van der Waals surface area contributed by atoms with E-state index < -0.39 is 0 Å². The molecule has 2 aromatic rings. The van der Waals surface area contributed by atoms with Crippen molar-refractivity contribution in [2.45, 2.75) is 24.9 Å². The van der Waals surface area contributed by atoms with Crippen molar-refractivity contribution in [1.82, 2.24) is 5.32 Å². The van der Waals surface area contributed by atoms with Gasteiger partial charge in [-0.3, -0.25) is 4.79 Å². The summed E-state index contributed by atoms with van der Waals surface area (Å²) in [5.41, 5.74) is 8.98. The van der Waals surface area contributed by atoms with Gasteiger partial charge in [0.15, 0.2) is 0 Å². The lowest BCUT2D eigenvalue weighted by molar-refractivity contribution is 0.112. The highest BCUT2D eigenvalue weighted by Gasteiger charge is 2.34. The molecule has 0 saturated heterocycles. The van der Waals surface area contributed by atoms with E-state index >= 15 is 0 Å². The second kappa shape index (κ2) is 7.72. The van der Waals surface area contributed by atoms with E-state index in [1.54, 1.807) is 0 Å². The van der Waals surface area contributed by atoms with Crippen molar-refractivity contribution < 1.29 is 4.79 Å². The van der Waals surface area contributed by atoms with Crippen LogP contribution in [0.3, 0.4) is 0 Å². The lowest BCUT2D eigenvalue weighted by Gasteiger charge is -1.98. The van der Waals surface area contributed by atoms with Crippen LogP contribution in [0.25, 0.3) is 0 Å². The quantitative estimate of drug-likeness (QED) is 0.848. The molecule has 0 heterocycles. The second-order valence-corrected chi connectivity index (χ2v) is 5.31. The predicted molar refractivity (Wildman–Crippen MR) is 86.4 cm³/mol. The average Bonchev–Trinajstić information content (AvgIpc) is 3.26. The molecule has 0 aliphatic heterocycles. The molecule has 3 rings (SSSR count). The molecule has 0 radical (unpaired) electrons. The third-order valence-electron chi connectivity index (χ3n) is 3.54. The molecule has 3 heteroatoms. The molecular weight excluding hydrogens is 260 g/mol. The molecule has 3 nitrogen and oxygen atoms in total. The summed E-state index contributed by atoms with van der Waals surface area (Å²) in [6.07, 6.45) is 1.93. The number of carbonyl (C=O) groups excluding carboxylic acids is 1. The topological polar surface area (TPSA) is 55.1 Å². The second-order valence-electron chi connectivity index (χ2n) is 5.31. The largest absolute Gasteiger partial charge is 0.327 e. The first-order valence-corrected chi connectivity index (χ1v) is 7.24. The first-order chi connectivity index (χ1) is 10.2. The Morgan fingerprint density at radius 1 is 1.19 bits per heavy atom. The maximum atomic E-state index is 10.5. The molecule has 1 fully saturated rings. The van der Waals surface area contributed by atoms with E-state index in [9.17, 15) is 4.79 Å². The Kier molecular flexibility index (Phi) is 5.67. The number of nitrogens with one attached hydrogen (secondary N) is 1. The minimum absolute atomic E-state index is 0.312. The van der Waals surface area contributed by atoms with Crippen molar-refractivity contribution in [1.29, 1.82) is 0 Å². The maximum absolute atomic E-state index is 10.5. The zero-order chi connectivity index (χ0) is 15.1. The number of rotatable bonds is 4. The Balaban J connectivity index is 0.000000161. The number of hydrogen-bond acceptors (Lipinski definition) is 3. The molecule has 3 N–H and O–H groups in total. The van der Waals surface area contributed by atoms with Crippen LogP contribution in [0.4, 0.5) is 0 Å². The summed E-state index contributed by atoms with van der Waals surface area (Å²) >= 11 is 0. The van der Waals surface area contributed by atoms with E-state index in [1.165, 1.54) is 11.1 Å². The SMILES string of the molecule is CNCc1ccccc1.NC1CC1c1cccc(C=O)c1. The van der Waals surface area contributed by atoms with Gasteiger partial charge in [0.25, 0.3) is 0 Å². The van der Waals surface area contributed by atoms with E-state index in [-0.39, 0.29) is 0 Å². The fourth-order valence-electron chi connectivity index (χ4n) is 2.26. The van der Waals surface area contributed by atoms with Crippen molar-refractivity contribution in [2.75, 3.05) is 7.05 Å². The summed E-state index contributed by atoms with van der Waals surface area (Å²) in [5.74, 6) is 0.491. The normalized spacial score (nSPS) is 19.3. The standard InChI is InChI=1S/C10H11NO.C8H11N/c11-10-5-9(10)8-3-1-2-7(4-8)6-12;1-9-7-8-5-3-2-4-6-8/h1-4,6,9-10H,5,11H2;2-6,9H,7H2,1H3. The van der Waals surface area contributed by atoms with Crippen molar-refractivity contribution in [3.8, 4) is 0 Å². The molecule has 0 aromatic heterocycles. The average molecular weight is 282 g/mol. The van der Waals surface area contributed by atoms with Gasteiger partial charge in [0.2, 0.25) is 0 Å². The van der Waals surface area contributed by atoms with Gasteiger partial charge in [-0.15, -0.1) is 0 Å². The summed E-state index contributed by atoms with van der Waals surface area (Å²) < 4.78 is 0. The molecule has 1 aliphatic carbocycles. The third-order valence-corrected chi connectivity index (χ3v) is 3.54. The van der Waals surface area contributed by atoms with Crippen LogP contribution in [-0.4, -0.2) is 19.4 Å². The fraction of sp³-hybridized carbons (Fsp3) is 0.278. The minimum atomic E-state index is 0.312. The molecule has 2 atom stereocenters. The van der Waals surface area contributed by atoms with Crippen LogP contribution in [0.2, 0.25) is 0 Å². The third kappa shape index (κ3) is 4.81. The minimum Gasteiger partial charge on any atom is -0.327 e. The van der Waals surface area contributed by atoms with Gasteiger partial charge >= 0.3 is 0 Å². The van der Waals surface area contributed by atoms with Gasteiger partial charge < -0.3 is 11.1 Å². The van der Waals surface area contributed by atoms with Crippen molar-refractivity contribution in [3.05, 3.63) is 71.3 Å². The Hall–Kier alpha value is -1.97. The van der Waals surface area contributed by atoms with Gasteiger partial charge in [0.05, 0.1) is 0 Å². The van der Waals surface area contributed by atoms with Gasteiger partial charge in [-0.05, 0) is 30.7 Å². The summed E-state index contributed by atoms with van der Waals surface area (Å²) in [4.78, 5) is 10.5. The van der Waals surface area contributed by atoms with E-state index in [0.29, 0.717) is 12.0 Å². The van der Waals surface area contributed by atoms with Crippen LogP contribution >= 0.6 is 0 Å². The smallest absolute Gasteiger partial charge is 0.150 e. The zero-order valence-corrected chi connectivity index (χ0v) is 12.3. The van der Waals surface area contributed by atoms with E-state index in [0.717, 1.165) is 24.8 Å². The van der Waals surface area contributed by atoms with Crippen LogP contribution < -0.4 is 11.1 Å². The maximum Gasteiger partial charge on any atom is 0.150 e. The monoisotopic (exact) mass is 282 g/mol. The highest BCUT2D eigenvalue weighted by Crippen LogP contribution is 2.38. The molecule has 0 bridgehead atoms. The van der Waals surface area contributed by atoms with Crippen molar-refractivity contribution in [3.63, 3.8) is 0 Å². The number of aldehydes is 1. The lowest BCUT2D eigenvalue weighted by Crippen LogP contribution is -2.04. The van der Waals surface area contributed by atoms with Crippen LogP contribution in [0.5, 0.6) is 0 Å². The highest BCUT2D eigenvalue weighted by molar-refractivity contribution is 5.75. The number of nitrogens with two attached hydrogens (primary N) is 1. The van der Waals surface area contributed by atoms with Crippen LogP contribution in [0, 0.1) is 0 Å². The zero-order valence-electron chi connectivity index (χ0n) is 12.3. The number of hydrogen-bond donors (Lipinski definition) is 2. The molecule has 2 unspecified atom stereocenters. The van der Waals surface area contributed by atoms with E-state index in [2.05, 4.69) is 17.4 Å². The van der Waals surface area contributed by atoms with Gasteiger partial charge in [0, 0.05) is 24.1 Å². The first-order valence-electron chi connectivity index (χ1n) is 7.24. The molecule has 2 aromatic carbocycles. The summed E-state index contributed by atoms with van der Waals surface area (Å²) in [6.45, 7) is 0.959. The van der Waals surface area contributed by atoms with Crippen LogP contribution in [-0.2, 0) is 6.54 Å². The first kappa shape index (κ1) is 15.4. The van der Waals surface area contributed by atoms with Gasteiger partial charge in [-0.2, -0.15) is 0 Å². The Morgan fingerprint density at radius 3 is 2.48 bits per heavy atom. The molecule has 0 spiro atoms. The molecule has 110 valence electrons. The summed E-state index contributed by atoms with van der Waals surface area (Å²) in [5, 5.41) is 3.08. The number of benzene rings is 2. The van der Waals surface area contributed by atoms with Crippen molar-refractivity contribution in [2.24, 2.45) is 5.73 Å². The summed E-state index contributed by atoms with van der Waals surface area (Å²) in [7, 11) is 1.95. The van der Waals surface area contributed by atoms with Crippen LogP contribution in [0.1, 0.15) is 33.8 Å². The van der Waals surface area contributed by atoms with Gasteiger partial charge in [0.1, 0.15) is 6.29 Å². The highest BCUT2D eigenvalue weighted by atomic mass is 16.1. The Labute approximate surface area is 126 Å². The van der Waals surface area contributed by atoms with Crippen molar-refractivity contribution >= 4 is 6.29 Å². The predicted octanol–water partition coefficient (Wildman–Crippen LogP) is 2.72. The Morgan fingerprint density at radius 2 is 1.90 bits per heavy atom. The van der Waals surface area contributed by atoms with E-state index in [1.807, 2.05) is 49.5 Å². The lowest BCUT2D eigenvalue weighted by atomic mass is 10.1. The van der Waals surface area contributed by atoms with E-state index in [4.69, 9.17) is 5.73 Å². The molecule has 1 aliphatic rings. The molecular formula is C18H22N2O. The fourth-order valence-corrected chi connectivity index (χ4v) is 2.26. The summed E-state index contributed by atoms with van der Waals surface area (Å²) in [6, 6.07) is 18.3. The molecule has 1 saturated carbocycles. The van der Waals surface area contributed by atoms with Crippen LogP contribution in [0.15, 0.2) is 54.6 Å². The van der Waals surface area contributed by atoms with Gasteiger partial charge in [-0.25, -0.2) is 0 Å². The number of carbonyl (C=O) groups is 1. The molecule has 0 amide bonds.